The number of aldehydes is 1. The molecule has 3 heteroatoms. The van der Waals surface area contributed by atoms with Crippen LogP contribution in [0.15, 0.2) is 54.6 Å². The predicted molar refractivity (Wildman–Crippen MR) is 97.9 cm³/mol. The molecule has 0 aliphatic rings. The van der Waals surface area contributed by atoms with Crippen molar-refractivity contribution in [3.05, 3.63) is 65.7 Å². The van der Waals surface area contributed by atoms with Gasteiger partial charge in [-0.1, -0.05) is 56.3 Å². The zero-order valence-corrected chi connectivity index (χ0v) is 14.7. The van der Waals surface area contributed by atoms with Crippen LogP contribution in [-0.2, 0) is 17.8 Å². The van der Waals surface area contributed by atoms with Crippen LogP contribution in [0.25, 0.3) is 0 Å². The fraction of sp³-hybridized carbons (Fsp3) is 0.350. The van der Waals surface area contributed by atoms with Gasteiger partial charge in [-0.3, -0.25) is 0 Å². The van der Waals surface area contributed by atoms with Gasteiger partial charge in [-0.25, -0.2) is 0 Å². The van der Waals surface area contributed by atoms with Crippen LogP contribution in [0.1, 0.15) is 31.4 Å². The van der Waals surface area contributed by atoms with Crippen LogP contribution in [-0.4, -0.2) is 20.4 Å². The Morgan fingerprint density at radius 1 is 0.957 bits per heavy atom. The van der Waals surface area contributed by atoms with Gasteiger partial charge in [0.25, 0.3) is 0 Å². The predicted octanol–water partition coefficient (Wildman–Crippen LogP) is 4.26. The highest BCUT2D eigenvalue weighted by atomic mass is 16.5. The van der Waals surface area contributed by atoms with E-state index in [1.807, 2.05) is 63.4 Å². The molecular formula is C20H29NO2. The maximum Gasteiger partial charge on any atom is 0.120 e. The molecule has 0 aliphatic carbocycles. The largest absolute Gasteiger partial charge is 0.497 e. The fourth-order valence-electron chi connectivity index (χ4n) is 1.82. The number of methoxy groups -OCH3 is 1. The highest BCUT2D eigenvalue weighted by Gasteiger charge is 1.92. The normalized spacial score (nSPS) is 8.87. The number of hydrogen-bond acceptors (Lipinski definition) is 3. The van der Waals surface area contributed by atoms with E-state index in [-0.39, 0.29) is 0 Å². The molecule has 0 heterocycles. The lowest BCUT2D eigenvalue weighted by atomic mass is 10.1. The molecule has 0 aliphatic heterocycles. The first-order valence-corrected chi connectivity index (χ1v) is 8.05. The monoisotopic (exact) mass is 315 g/mol. The molecule has 0 spiro atoms. The van der Waals surface area contributed by atoms with Crippen LogP contribution in [0.2, 0.25) is 0 Å². The molecule has 0 saturated heterocycles. The minimum atomic E-state index is 0.590. The highest BCUT2D eigenvalue weighted by Crippen LogP contribution is 2.11. The van der Waals surface area contributed by atoms with Gasteiger partial charge >= 0.3 is 0 Å². The third kappa shape index (κ3) is 10.3. The standard InChI is InChI=1S/C10H12O2.C8H11N.C2H6/c1-12-10-6-4-9(5-7-10)3-2-8-11;1-9-7-8-5-3-2-4-6-8;1-2/h4-8H,2-3H2,1H3;2-6,9H,7H2,1H3;1-2H3. The maximum atomic E-state index is 10.1. The molecule has 0 amide bonds. The Morgan fingerprint density at radius 3 is 2.04 bits per heavy atom. The number of ether oxygens (including phenoxy) is 1. The summed E-state index contributed by atoms with van der Waals surface area (Å²) in [4.78, 5) is 10.1. The van der Waals surface area contributed by atoms with Crippen molar-refractivity contribution in [3.63, 3.8) is 0 Å². The van der Waals surface area contributed by atoms with Gasteiger partial charge in [0.1, 0.15) is 12.0 Å². The number of benzene rings is 2. The summed E-state index contributed by atoms with van der Waals surface area (Å²) in [5, 5.41) is 3.08. The molecule has 3 nitrogen and oxygen atoms in total. The SMILES string of the molecule is CC.CNCc1ccccc1.COc1ccc(CCC=O)cc1. The molecule has 0 fully saturated rings. The highest BCUT2D eigenvalue weighted by molar-refractivity contribution is 5.50. The fourth-order valence-corrected chi connectivity index (χ4v) is 1.82. The molecule has 23 heavy (non-hydrogen) atoms. The van der Waals surface area contributed by atoms with E-state index in [0.717, 1.165) is 25.0 Å². The van der Waals surface area contributed by atoms with Crippen molar-refractivity contribution >= 4 is 6.29 Å². The zero-order chi connectivity index (χ0) is 17.3. The Kier molecular flexibility index (Phi) is 13.4. The van der Waals surface area contributed by atoms with E-state index in [1.54, 1.807) is 7.11 Å². The minimum absolute atomic E-state index is 0.590. The molecule has 0 aromatic heterocycles. The second kappa shape index (κ2) is 14.8. The van der Waals surface area contributed by atoms with Gasteiger partial charge in [-0.05, 0) is 36.7 Å². The van der Waals surface area contributed by atoms with Crippen molar-refractivity contribution in [3.8, 4) is 5.75 Å². The summed E-state index contributed by atoms with van der Waals surface area (Å²) in [7, 11) is 3.59. The maximum absolute atomic E-state index is 10.1. The second-order valence-electron chi connectivity index (χ2n) is 4.57. The summed E-state index contributed by atoms with van der Waals surface area (Å²) < 4.78 is 5.00. The van der Waals surface area contributed by atoms with Gasteiger partial charge in [-0.2, -0.15) is 0 Å². The number of carbonyl (C=O) groups excluding carboxylic acids is 1. The van der Waals surface area contributed by atoms with E-state index < -0.39 is 0 Å². The van der Waals surface area contributed by atoms with E-state index in [4.69, 9.17) is 4.74 Å². The number of rotatable bonds is 6. The Balaban J connectivity index is 0.000000392. The third-order valence-corrected chi connectivity index (χ3v) is 2.93. The number of nitrogens with one attached hydrogen (secondary N) is 1. The topological polar surface area (TPSA) is 38.3 Å². The first-order valence-electron chi connectivity index (χ1n) is 8.05. The average molecular weight is 315 g/mol. The van der Waals surface area contributed by atoms with Gasteiger partial charge in [0.05, 0.1) is 7.11 Å². The van der Waals surface area contributed by atoms with Crippen LogP contribution in [0.5, 0.6) is 5.75 Å². The Bertz CT molecular complexity index is 495. The summed E-state index contributed by atoms with van der Waals surface area (Å²) in [6.07, 6.45) is 2.34. The Labute approximate surface area is 140 Å². The quantitative estimate of drug-likeness (QED) is 0.810. The molecule has 2 rings (SSSR count). The van der Waals surface area contributed by atoms with Crippen molar-refractivity contribution in [1.82, 2.24) is 5.32 Å². The van der Waals surface area contributed by atoms with E-state index >= 15 is 0 Å². The van der Waals surface area contributed by atoms with Crippen LogP contribution < -0.4 is 10.1 Å². The Hall–Kier alpha value is -2.13. The summed E-state index contributed by atoms with van der Waals surface area (Å²) in [6, 6.07) is 18.1. The van der Waals surface area contributed by atoms with Gasteiger partial charge in [0.15, 0.2) is 0 Å². The first kappa shape index (κ1) is 20.9. The molecule has 2 aromatic carbocycles. The molecule has 0 atom stereocenters. The molecule has 2 aromatic rings. The summed E-state index contributed by atoms with van der Waals surface area (Å²) in [5.41, 5.74) is 2.50. The zero-order valence-electron chi connectivity index (χ0n) is 14.7. The lowest BCUT2D eigenvalue weighted by molar-refractivity contribution is -0.107. The van der Waals surface area contributed by atoms with Crippen LogP contribution in [0, 0.1) is 0 Å². The third-order valence-electron chi connectivity index (χ3n) is 2.93. The molecule has 0 radical (unpaired) electrons. The first-order chi connectivity index (χ1) is 11.3. The van der Waals surface area contributed by atoms with Crippen molar-refractivity contribution in [1.29, 1.82) is 0 Å². The van der Waals surface area contributed by atoms with Crippen molar-refractivity contribution in [2.24, 2.45) is 0 Å². The number of carbonyl (C=O) groups is 1. The summed E-state index contributed by atoms with van der Waals surface area (Å²) in [5.74, 6) is 0.852. The molecule has 0 saturated carbocycles. The van der Waals surface area contributed by atoms with Gasteiger partial charge in [0.2, 0.25) is 0 Å². The van der Waals surface area contributed by atoms with Crippen LogP contribution in [0.4, 0.5) is 0 Å². The van der Waals surface area contributed by atoms with E-state index in [2.05, 4.69) is 17.4 Å². The van der Waals surface area contributed by atoms with Crippen LogP contribution >= 0.6 is 0 Å². The van der Waals surface area contributed by atoms with Gasteiger partial charge in [-0.15, -0.1) is 0 Å². The van der Waals surface area contributed by atoms with Crippen molar-refractivity contribution < 1.29 is 9.53 Å². The molecule has 0 bridgehead atoms. The van der Waals surface area contributed by atoms with Crippen molar-refractivity contribution in [2.75, 3.05) is 14.2 Å². The van der Waals surface area contributed by atoms with Gasteiger partial charge in [0, 0.05) is 13.0 Å². The van der Waals surface area contributed by atoms with Crippen molar-refractivity contribution in [2.45, 2.75) is 33.2 Å². The smallest absolute Gasteiger partial charge is 0.120 e. The lowest BCUT2D eigenvalue weighted by Crippen LogP contribution is -2.04. The molecule has 0 unspecified atom stereocenters. The lowest BCUT2D eigenvalue weighted by Gasteiger charge is -2.00. The summed E-state index contributed by atoms with van der Waals surface area (Å²) >= 11 is 0. The number of hydrogen-bond donors (Lipinski definition) is 1. The summed E-state index contributed by atoms with van der Waals surface area (Å²) in [6.45, 7) is 4.96. The molecular weight excluding hydrogens is 286 g/mol. The van der Waals surface area contributed by atoms with E-state index in [9.17, 15) is 4.79 Å². The average Bonchev–Trinajstić information content (AvgIpc) is 2.64. The second-order valence-corrected chi connectivity index (χ2v) is 4.57. The number of aryl methyl sites for hydroxylation is 1. The van der Waals surface area contributed by atoms with Crippen LogP contribution in [0.3, 0.4) is 0 Å². The molecule has 126 valence electrons. The van der Waals surface area contributed by atoms with Gasteiger partial charge < -0.3 is 14.8 Å². The minimum Gasteiger partial charge on any atom is -0.497 e. The van der Waals surface area contributed by atoms with E-state index in [1.165, 1.54) is 11.1 Å². The molecule has 1 N–H and O–H groups in total. The van der Waals surface area contributed by atoms with E-state index in [0.29, 0.717) is 6.42 Å². The Morgan fingerprint density at radius 2 is 1.57 bits per heavy atom.